The second-order valence-corrected chi connectivity index (χ2v) is 6.81. The highest BCUT2D eigenvalue weighted by molar-refractivity contribution is 6.07. The first-order valence-electron chi connectivity index (χ1n) is 7.82. The van der Waals surface area contributed by atoms with Gasteiger partial charge in [0.15, 0.2) is 0 Å². The maximum Gasteiger partial charge on any atom is 0.322 e. The number of carbonyl (C=O) groups excluding carboxylic acids is 3. The van der Waals surface area contributed by atoms with Gasteiger partial charge in [-0.2, -0.15) is 0 Å². The molecule has 25 heavy (non-hydrogen) atoms. The molecule has 1 aliphatic rings. The Kier molecular flexibility index (Phi) is 4.82. The fraction of sp³-hybridized carbons (Fsp3) is 0.412. The Bertz CT molecular complexity index is 744. The lowest BCUT2D eigenvalue weighted by Crippen LogP contribution is -2.40. The van der Waals surface area contributed by atoms with Gasteiger partial charge in [0, 0.05) is 12.1 Å². The summed E-state index contributed by atoms with van der Waals surface area (Å²) < 4.78 is 0. The molecular formula is C17H21N3O5. The van der Waals surface area contributed by atoms with Crippen LogP contribution in [-0.4, -0.2) is 35.5 Å². The number of nitrogens with one attached hydrogen (secondary N) is 3. The van der Waals surface area contributed by atoms with Crippen LogP contribution in [0.25, 0.3) is 0 Å². The molecule has 1 unspecified atom stereocenters. The van der Waals surface area contributed by atoms with Crippen LogP contribution in [0.3, 0.4) is 0 Å². The first kappa shape index (κ1) is 18.4. The van der Waals surface area contributed by atoms with Crippen LogP contribution in [0.5, 0.6) is 0 Å². The van der Waals surface area contributed by atoms with Crippen LogP contribution in [0.15, 0.2) is 24.3 Å². The Morgan fingerprint density at radius 3 is 2.52 bits per heavy atom. The Hall–Kier alpha value is -2.90. The molecule has 0 spiro atoms. The Morgan fingerprint density at radius 1 is 1.28 bits per heavy atom. The van der Waals surface area contributed by atoms with Crippen LogP contribution in [0.4, 0.5) is 4.79 Å². The maximum absolute atomic E-state index is 12.3. The van der Waals surface area contributed by atoms with Crippen molar-refractivity contribution in [2.75, 3.05) is 6.54 Å². The summed E-state index contributed by atoms with van der Waals surface area (Å²) in [5.74, 6) is -1.80. The van der Waals surface area contributed by atoms with Crippen LogP contribution >= 0.6 is 0 Å². The number of hydrogen-bond donors (Lipinski definition) is 4. The summed E-state index contributed by atoms with van der Waals surface area (Å²) in [4.78, 5) is 46.7. The zero-order chi connectivity index (χ0) is 18.8. The van der Waals surface area contributed by atoms with Crippen molar-refractivity contribution in [1.29, 1.82) is 0 Å². The van der Waals surface area contributed by atoms with E-state index in [1.54, 1.807) is 39.0 Å². The van der Waals surface area contributed by atoms with Crippen LogP contribution in [0, 0.1) is 5.41 Å². The second kappa shape index (κ2) is 6.54. The maximum atomic E-state index is 12.3. The second-order valence-electron chi connectivity index (χ2n) is 6.81. The predicted octanol–water partition coefficient (Wildman–Crippen LogP) is 0.972. The molecule has 4 amide bonds. The summed E-state index contributed by atoms with van der Waals surface area (Å²) in [5, 5.41) is 16.5. The topological polar surface area (TPSA) is 125 Å². The number of amides is 4. The molecule has 0 aromatic heterocycles. The molecule has 1 heterocycles. The van der Waals surface area contributed by atoms with E-state index in [1.807, 2.05) is 0 Å². The third-order valence-corrected chi connectivity index (χ3v) is 4.36. The first-order chi connectivity index (χ1) is 11.6. The van der Waals surface area contributed by atoms with Crippen molar-refractivity contribution < 1.29 is 24.3 Å². The third-order valence-electron chi connectivity index (χ3n) is 4.36. The Morgan fingerprint density at radius 2 is 1.96 bits per heavy atom. The fourth-order valence-electron chi connectivity index (χ4n) is 2.42. The van der Waals surface area contributed by atoms with Crippen molar-refractivity contribution in [2.45, 2.75) is 32.7 Å². The van der Waals surface area contributed by atoms with E-state index >= 15 is 0 Å². The number of carboxylic acid groups (broad SMARTS) is 1. The average molecular weight is 347 g/mol. The van der Waals surface area contributed by atoms with Crippen LogP contribution < -0.4 is 16.0 Å². The number of imide groups is 1. The summed E-state index contributed by atoms with van der Waals surface area (Å²) in [6, 6.07) is 5.80. The van der Waals surface area contributed by atoms with E-state index in [-0.39, 0.29) is 18.9 Å². The van der Waals surface area contributed by atoms with Gasteiger partial charge in [0.1, 0.15) is 5.54 Å². The van der Waals surface area contributed by atoms with E-state index in [2.05, 4.69) is 16.0 Å². The van der Waals surface area contributed by atoms with Gasteiger partial charge in [0.05, 0.1) is 5.41 Å². The summed E-state index contributed by atoms with van der Waals surface area (Å²) >= 11 is 0. The molecule has 0 aliphatic carbocycles. The summed E-state index contributed by atoms with van der Waals surface area (Å²) in [5.41, 5.74) is -1.37. The van der Waals surface area contributed by atoms with Gasteiger partial charge in [-0.25, -0.2) is 4.79 Å². The molecule has 1 atom stereocenters. The minimum atomic E-state index is -1.24. The highest BCUT2D eigenvalue weighted by Crippen LogP contribution is 2.25. The van der Waals surface area contributed by atoms with Crippen LogP contribution in [-0.2, 0) is 15.1 Å². The largest absolute Gasteiger partial charge is 0.481 e. The molecule has 1 saturated heterocycles. The molecule has 134 valence electrons. The van der Waals surface area contributed by atoms with Crippen LogP contribution in [0.1, 0.15) is 43.1 Å². The molecule has 0 saturated carbocycles. The van der Waals surface area contributed by atoms with Gasteiger partial charge in [0.25, 0.3) is 11.8 Å². The van der Waals surface area contributed by atoms with Gasteiger partial charge in [0.2, 0.25) is 0 Å². The Balaban J connectivity index is 2.09. The number of carboxylic acids is 1. The van der Waals surface area contributed by atoms with Crippen molar-refractivity contribution in [3.8, 4) is 0 Å². The summed E-state index contributed by atoms with van der Waals surface area (Å²) in [6.45, 7) is 4.94. The van der Waals surface area contributed by atoms with Crippen molar-refractivity contribution in [1.82, 2.24) is 16.0 Å². The number of carbonyl (C=O) groups is 4. The van der Waals surface area contributed by atoms with Gasteiger partial charge in [-0.3, -0.25) is 19.7 Å². The zero-order valence-corrected chi connectivity index (χ0v) is 14.3. The van der Waals surface area contributed by atoms with E-state index in [9.17, 15) is 19.2 Å². The number of urea groups is 1. The van der Waals surface area contributed by atoms with E-state index in [1.165, 1.54) is 6.07 Å². The molecule has 0 bridgehead atoms. The lowest BCUT2D eigenvalue weighted by molar-refractivity contribution is -0.147. The molecule has 8 nitrogen and oxygen atoms in total. The summed E-state index contributed by atoms with van der Waals surface area (Å²) in [7, 11) is 0. The molecule has 8 heteroatoms. The molecule has 2 rings (SSSR count). The van der Waals surface area contributed by atoms with E-state index in [4.69, 9.17) is 5.11 Å². The normalized spacial score (nSPS) is 20.0. The molecule has 1 aromatic carbocycles. The third kappa shape index (κ3) is 3.78. The minimum Gasteiger partial charge on any atom is -0.481 e. The summed E-state index contributed by atoms with van der Waals surface area (Å²) in [6.07, 6.45) is 0.282. The Labute approximate surface area is 145 Å². The van der Waals surface area contributed by atoms with Crippen LogP contribution in [0.2, 0.25) is 0 Å². The number of hydrogen-bond acceptors (Lipinski definition) is 4. The highest BCUT2D eigenvalue weighted by atomic mass is 16.4. The number of benzene rings is 1. The molecule has 0 radical (unpaired) electrons. The lowest BCUT2D eigenvalue weighted by atomic mass is 9.89. The van der Waals surface area contributed by atoms with E-state index in [0.29, 0.717) is 11.1 Å². The zero-order valence-electron chi connectivity index (χ0n) is 14.3. The van der Waals surface area contributed by atoms with Gasteiger partial charge >= 0.3 is 12.0 Å². The first-order valence-corrected chi connectivity index (χ1v) is 7.82. The van der Waals surface area contributed by atoms with Crippen molar-refractivity contribution in [2.24, 2.45) is 5.41 Å². The minimum absolute atomic E-state index is 0.205. The average Bonchev–Trinajstić information content (AvgIpc) is 2.80. The quantitative estimate of drug-likeness (QED) is 0.571. The molecule has 4 N–H and O–H groups in total. The SMILES string of the molecule is CC(C)(CCNC(=O)c1cccc(C2(C)NC(=O)NC2=O)c1)C(=O)O. The van der Waals surface area contributed by atoms with Crippen molar-refractivity contribution in [3.05, 3.63) is 35.4 Å². The van der Waals surface area contributed by atoms with Gasteiger partial charge in [-0.15, -0.1) is 0 Å². The lowest BCUT2D eigenvalue weighted by Gasteiger charge is -2.22. The highest BCUT2D eigenvalue weighted by Gasteiger charge is 2.43. The molecule has 1 fully saturated rings. The van der Waals surface area contributed by atoms with E-state index in [0.717, 1.165) is 0 Å². The monoisotopic (exact) mass is 347 g/mol. The van der Waals surface area contributed by atoms with Crippen molar-refractivity contribution >= 4 is 23.8 Å². The van der Waals surface area contributed by atoms with E-state index < -0.39 is 28.9 Å². The molecule has 1 aliphatic heterocycles. The smallest absolute Gasteiger partial charge is 0.322 e. The standard InChI is InChI=1S/C17H21N3O5/c1-16(2,14(23)24)7-8-18-12(21)10-5-4-6-11(9-10)17(3)13(22)19-15(25)20-17/h4-6,9H,7-8H2,1-3H3,(H,18,21)(H,23,24)(H2,19,20,22,25). The molecular weight excluding hydrogens is 326 g/mol. The number of rotatable bonds is 6. The molecule has 1 aromatic rings. The van der Waals surface area contributed by atoms with Gasteiger partial charge in [-0.1, -0.05) is 12.1 Å². The van der Waals surface area contributed by atoms with Crippen molar-refractivity contribution in [3.63, 3.8) is 0 Å². The van der Waals surface area contributed by atoms with Gasteiger partial charge < -0.3 is 15.7 Å². The fourth-order valence-corrected chi connectivity index (χ4v) is 2.42. The predicted molar refractivity (Wildman–Crippen MR) is 88.8 cm³/mol. The van der Waals surface area contributed by atoms with Gasteiger partial charge in [-0.05, 0) is 44.9 Å². The number of aliphatic carboxylic acids is 1.